The molecule has 7 heteroatoms. The molecule has 0 fully saturated rings. The quantitative estimate of drug-likeness (QED) is 0.882. The number of nitrogens with one attached hydrogen (secondary N) is 1. The number of hydrogen-bond acceptors (Lipinski definition) is 5. The zero-order chi connectivity index (χ0) is 14.5. The summed E-state index contributed by atoms with van der Waals surface area (Å²) >= 11 is 1.54. The number of carbonyl (C=O) groups excluding carboxylic acids is 1. The van der Waals surface area contributed by atoms with E-state index in [2.05, 4.69) is 20.5 Å². The molecule has 1 atom stereocenters. The first-order valence-electron chi connectivity index (χ1n) is 6.67. The summed E-state index contributed by atoms with van der Waals surface area (Å²) in [5, 5.41) is 12.8. The highest BCUT2D eigenvalue weighted by Gasteiger charge is 2.12. The Kier molecular flexibility index (Phi) is 4.84. The smallest absolute Gasteiger partial charge is 0.222 e. The number of hydrogen-bond donors (Lipinski definition) is 1. The van der Waals surface area contributed by atoms with Crippen molar-refractivity contribution in [3.8, 4) is 0 Å². The van der Waals surface area contributed by atoms with Crippen LogP contribution in [0.1, 0.15) is 42.1 Å². The molecule has 2 aromatic heterocycles. The van der Waals surface area contributed by atoms with Gasteiger partial charge in [0.2, 0.25) is 5.91 Å². The molecule has 1 amide bonds. The van der Waals surface area contributed by atoms with Crippen LogP contribution < -0.4 is 5.32 Å². The number of imidazole rings is 1. The first-order chi connectivity index (χ1) is 9.60. The van der Waals surface area contributed by atoms with Crippen molar-refractivity contribution in [3.05, 3.63) is 28.2 Å². The lowest BCUT2D eigenvalue weighted by Crippen LogP contribution is -2.25. The third-order valence-electron chi connectivity index (χ3n) is 3.07. The Balaban J connectivity index is 1.82. The van der Waals surface area contributed by atoms with Gasteiger partial charge in [0.15, 0.2) is 0 Å². The molecule has 108 valence electrons. The van der Waals surface area contributed by atoms with E-state index in [1.54, 1.807) is 17.5 Å². The zero-order valence-electron chi connectivity index (χ0n) is 12.0. The van der Waals surface area contributed by atoms with E-state index in [4.69, 9.17) is 0 Å². The monoisotopic (exact) mass is 293 g/mol. The Bertz CT molecular complexity index is 577. The van der Waals surface area contributed by atoms with Crippen LogP contribution >= 0.6 is 11.3 Å². The van der Waals surface area contributed by atoms with Crippen LogP contribution in [-0.2, 0) is 17.8 Å². The summed E-state index contributed by atoms with van der Waals surface area (Å²) in [5.74, 6) is 0.931. The summed E-state index contributed by atoms with van der Waals surface area (Å²) in [4.78, 5) is 16.1. The van der Waals surface area contributed by atoms with Crippen molar-refractivity contribution in [1.82, 2.24) is 25.1 Å². The summed E-state index contributed by atoms with van der Waals surface area (Å²) in [6.07, 6.45) is 4.95. The molecule has 0 radical (unpaired) electrons. The van der Waals surface area contributed by atoms with E-state index in [-0.39, 0.29) is 11.9 Å². The molecule has 0 saturated heterocycles. The van der Waals surface area contributed by atoms with Crippen LogP contribution in [0.5, 0.6) is 0 Å². The van der Waals surface area contributed by atoms with Crippen LogP contribution in [0.15, 0.2) is 12.4 Å². The Morgan fingerprint density at radius 3 is 2.80 bits per heavy atom. The van der Waals surface area contributed by atoms with Crippen LogP contribution in [-0.4, -0.2) is 25.7 Å². The SMILES string of the molecule is CCc1nnc(CNC(=O)CC(C)n2ccnc2C)s1. The zero-order valence-corrected chi connectivity index (χ0v) is 12.8. The molecule has 0 aromatic carbocycles. The highest BCUT2D eigenvalue weighted by Crippen LogP contribution is 2.13. The molecule has 0 spiro atoms. The summed E-state index contributed by atoms with van der Waals surface area (Å²) in [6, 6.07) is 0.0955. The lowest BCUT2D eigenvalue weighted by atomic mass is 10.2. The lowest BCUT2D eigenvalue weighted by molar-refractivity contribution is -0.121. The largest absolute Gasteiger partial charge is 0.349 e. The van der Waals surface area contributed by atoms with Gasteiger partial charge in [0, 0.05) is 24.9 Å². The lowest BCUT2D eigenvalue weighted by Gasteiger charge is -2.14. The fourth-order valence-electron chi connectivity index (χ4n) is 1.97. The first kappa shape index (κ1) is 14.6. The van der Waals surface area contributed by atoms with Gasteiger partial charge in [0.1, 0.15) is 15.8 Å². The maximum absolute atomic E-state index is 11.9. The van der Waals surface area contributed by atoms with Gasteiger partial charge in [-0.05, 0) is 20.3 Å². The first-order valence-corrected chi connectivity index (χ1v) is 7.49. The van der Waals surface area contributed by atoms with Crippen LogP contribution in [0.4, 0.5) is 0 Å². The second-order valence-electron chi connectivity index (χ2n) is 4.65. The average Bonchev–Trinajstić information content (AvgIpc) is 3.04. The second kappa shape index (κ2) is 6.60. The van der Waals surface area contributed by atoms with Crippen LogP contribution in [0, 0.1) is 6.92 Å². The topological polar surface area (TPSA) is 72.7 Å². The van der Waals surface area contributed by atoms with Crippen molar-refractivity contribution in [1.29, 1.82) is 0 Å². The van der Waals surface area contributed by atoms with Gasteiger partial charge in [-0.15, -0.1) is 10.2 Å². The fourth-order valence-corrected chi connectivity index (χ4v) is 2.69. The molecule has 1 N–H and O–H groups in total. The van der Waals surface area contributed by atoms with E-state index in [0.717, 1.165) is 22.3 Å². The van der Waals surface area contributed by atoms with Crippen molar-refractivity contribution in [3.63, 3.8) is 0 Å². The minimum atomic E-state index is 0.0128. The molecule has 0 aliphatic heterocycles. The van der Waals surface area contributed by atoms with Gasteiger partial charge in [-0.3, -0.25) is 4.79 Å². The predicted octanol–water partition coefficient (Wildman–Crippen LogP) is 1.87. The number of aryl methyl sites for hydroxylation is 2. The maximum Gasteiger partial charge on any atom is 0.222 e. The molecule has 2 aromatic rings. The molecule has 0 bridgehead atoms. The molecule has 0 saturated carbocycles. The highest BCUT2D eigenvalue weighted by atomic mass is 32.1. The van der Waals surface area contributed by atoms with Gasteiger partial charge in [0.05, 0.1) is 6.54 Å². The summed E-state index contributed by atoms with van der Waals surface area (Å²) < 4.78 is 2.00. The van der Waals surface area contributed by atoms with Gasteiger partial charge in [0.25, 0.3) is 0 Å². The standard InChI is InChI=1S/C13H19N5OS/c1-4-12-16-17-13(20-12)8-15-11(19)7-9(2)18-6-5-14-10(18)3/h5-6,9H,4,7-8H2,1-3H3,(H,15,19). The van der Waals surface area contributed by atoms with Gasteiger partial charge >= 0.3 is 0 Å². The number of amides is 1. The van der Waals surface area contributed by atoms with Gasteiger partial charge in [-0.25, -0.2) is 4.98 Å². The molecule has 1 unspecified atom stereocenters. The maximum atomic E-state index is 11.9. The van der Waals surface area contributed by atoms with E-state index < -0.39 is 0 Å². The minimum absolute atomic E-state index is 0.0128. The van der Waals surface area contributed by atoms with Crippen molar-refractivity contribution >= 4 is 17.2 Å². The summed E-state index contributed by atoms with van der Waals surface area (Å²) in [5.41, 5.74) is 0. The normalized spacial score (nSPS) is 12.3. The minimum Gasteiger partial charge on any atom is -0.349 e. The van der Waals surface area contributed by atoms with Crippen LogP contribution in [0.2, 0.25) is 0 Å². The van der Waals surface area contributed by atoms with E-state index >= 15 is 0 Å². The third-order valence-corrected chi connectivity index (χ3v) is 4.13. The van der Waals surface area contributed by atoms with Gasteiger partial charge in [-0.2, -0.15) is 0 Å². The van der Waals surface area contributed by atoms with E-state index in [9.17, 15) is 4.79 Å². The Hall–Kier alpha value is -1.76. The number of nitrogens with zero attached hydrogens (tertiary/aromatic N) is 4. The van der Waals surface area contributed by atoms with E-state index in [1.165, 1.54) is 0 Å². The molecular formula is C13H19N5OS. The number of aromatic nitrogens is 4. The van der Waals surface area contributed by atoms with E-state index in [0.29, 0.717) is 13.0 Å². The van der Waals surface area contributed by atoms with Crippen LogP contribution in [0.25, 0.3) is 0 Å². The van der Waals surface area contributed by atoms with Crippen molar-refractivity contribution in [2.75, 3.05) is 0 Å². The Labute approximate surface area is 122 Å². The molecule has 2 rings (SSSR count). The molecular weight excluding hydrogens is 274 g/mol. The molecule has 20 heavy (non-hydrogen) atoms. The molecule has 2 heterocycles. The molecule has 6 nitrogen and oxygen atoms in total. The summed E-state index contributed by atoms with van der Waals surface area (Å²) in [7, 11) is 0. The number of rotatable bonds is 6. The van der Waals surface area contributed by atoms with Gasteiger partial charge in [-0.1, -0.05) is 18.3 Å². The Morgan fingerprint density at radius 1 is 1.45 bits per heavy atom. The molecule has 0 aliphatic carbocycles. The van der Waals surface area contributed by atoms with Crippen LogP contribution in [0.3, 0.4) is 0 Å². The summed E-state index contributed by atoms with van der Waals surface area (Å²) in [6.45, 7) is 6.43. The predicted molar refractivity (Wildman–Crippen MR) is 77.4 cm³/mol. The van der Waals surface area contributed by atoms with Gasteiger partial charge < -0.3 is 9.88 Å². The highest BCUT2D eigenvalue weighted by molar-refractivity contribution is 7.11. The third kappa shape index (κ3) is 3.63. The van der Waals surface area contributed by atoms with Crippen molar-refractivity contribution in [2.45, 2.75) is 46.2 Å². The number of carbonyl (C=O) groups is 1. The Morgan fingerprint density at radius 2 is 2.20 bits per heavy atom. The van der Waals surface area contributed by atoms with E-state index in [1.807, 2.05) is 31.5 Å². The second-order valence-corrected chi connectivity index (χ2v) is 5.80. The molecule has 0 aliphatic rings. The van der Waals surface area contributed by atoms with Crippen molar-refractivity contribution < 1.29 is 4.79 Å². The average molecular weight is 293 g/mol. The van der Waals surface area contributed by atoms with Crippen molar-refractivity contribution in [2.24, 2.45) is 0 Å². The fraction of sp³-hybridized carbons (Fsp3) is 0.538.